The van der Waals surface area contributed by atoms with Gasteiger partial charge in [-0.05, 0) is 60.9 Å². The van der Waals surface area contributed by atoms with Crippen molar-refractivity contribution >= 4 is 22.4 Å². The molecule has 0 saturated heterocycles. The van der Waals surface area contributed by atoms with Crippen LogP contribution in [-0.4, -0.2) is 30.3 Å². The number of hydrogen-bond donors (Lipinski definition) is 1. The average Bonchev–Trinajstić information content (AvgIpc) is 2.81. The quantitative estimate of drug-likeness (QED) is 0.298. The van der Waals surface area contributed by atoms with E-state index in [1.54, 1.807) is 7.11 Å². The number of fused-ring (bicyclic) bond motifs is 1. The largest absolute Gasteiger partial charge is 0.491 e. The third-order valence-corrected chi connectivity index (χ3v) is 4.76. The van der Waals surface area contributed by atoms with Gasteiger partial charge >= 0.3 is 0 Å². The first kappa shape index (κ1) is 21.2. The molecule has 0 spiro atoms. The van der Waals surface area contributed by atoms with Crippen LogP contribution in [0.1, 0.15) is 11.4 Å². The number of aromatic nitrogens is 2. The van der Waals surface area contributed by atoms with Crippen molar-refractivity contribution in [2.75, 3.05) is 25.6 Å². The summed E-state index contributed by atoms with van der Waals surface area (Å²) >= 11 is 0. The molecule has 0 saturated carbocycles. The Labute approximate surface area is 187 Å². The fourth-order valence-corrected chi connectivity index (χ4v) is 3.20. The van der Waals surface area contributed by atoms with Crippen LogP contribution in [-0.2, 0) is 4.74 Å². The van der Waals surface area contributed by atoms with E-state index < -0.39 is 0 Å². The summed E-state index contributed by atoms with van der Waals surface area (Å²) < 4.78 is 16.7. The molecule has 0 bridgehead atoms. The molecular weight excluding hydrogens is 402 g/mol. The first-order valence-corrected chi connectivity index (χ1v) is 10.2. The molecule has 0 aliphatic rings. The van der Waals surface area contributed by atoms with Gasteiger partial charge in [-0.2, -0.15) is 0 Å². The summed E-state index contributed by atoms with van der Waals surface area (Å²) in [6.45, 7) is 2.96. The zero-order valence-corrected chi connectivity index (χ0v) is 18.0. The van der Waals surface area contributed by atoms with Crippen molar-refractivity contribution in [2.45, 2.75) is 6.92 Å². The number of aryl methyl sites for hydroxylation is 1. The SMILES string of the molecule is C#Cc1nc(Nc2ccc(Oc3ccccc3)c(C)c2)c2ccc(OCCOC)cc2n1. The smallest absolute Gasteiger partial charge is 0.207 e. The van der Waals surface area contributed by atoms with Crippen molar-refractivity contribution in [2.24, 2.45) is 0 Å². The first-order chi connectivity index (χ1) is 15.7. The van der Waals surface area contributed by atoms with E-state index in [-0.39, 0.29) is 0 Å². The van der Waals surface area contributed by atoms with Crippen molar-refractivity contribution in [1.29, 1.82) is 0 Å². The number of para-hydroxylation sites is 1. The number of nitrogens with one attached hydrogen (secondary N) is 1. The third-order valence-electron chi connectivity index (χ3n) is 4.76. The predicted octanol–water partition coefficient (Wildman–Crippen LogP) is 5.48. The minimum Gasteiger partial charge on any atom is -0.491 e. The number of hydrogen-bond acceptors (Lipinski definition) is 6. The lowest BCUT2D eigenvalue weighted by Gasteiger charge is -2.13. The summed E-state index contributed by atoms with van der Waals surface area (Å²) in [5, 5.41) is 4.20. The lowest BCUT2D eigenvalue weighted by molar-refractivity contribution is 0.146. The van der Waals surface area contributed by atoms with Crippen LogP contribution < -0.4 is 14.8 Å². The zero-order chi connectivity index (χ0) is 22.3. The van der Waals surface area contributed by atoms with Gasteiger partial charge in [0, 0.05) is 24.2 Å². The van der Waals surface area contributed by atoms with Gasteiger partial charge in [-0.1, -0.05) is 18.2 Å². The highest BCUT2D eigenvalue weighted by Crippen LogP contribution is 2.31. The molecule has 0 aliphatic carbocycles. The van der Waals surface area contributed by atoms with Gasteiger partial charge < -0.3 is 19.5 Å². The van der Waals surface area contributed by atoms with Crippen molar-refractivity contribution in [3.8, 4) is 29.6 Å². The fraction of sp³-hybridized carbons (Fsp3) is 0.154. The molecule has 160 valence electrons. The Kier molecular flexibility index (Phi) is 6.49. The molecule has 6 nitrogen and oxygen atoms in total. The molecule has 32 heavy (non-hydrogen) atoms. The van der Waals surface area contributed by atoms with Gasteiger partial charge in [0.05, 0.1) is 12.1 Å². The van der Waals surface area contributed by atoms with Crippen LogP contribution in [0, 0.1) is 19.3 Å². The normalized spacial score (nSPS) is 10.5. The van der Waals surface area contributed by atoms with Crippen LogP contribution in [0.15, 0.2) is 66.7 Å². The number of rotatable bonds is 8. The van der Waals surface area contributed by atoms with E-state index in [9.17, 15) is 0 Å². The van der Waals surface area contributed by atoms with Gasteiger partial charge in [-0.3, -0.25) is 0 Å². The summed E-state index contributed by atoms with van der Waals surface area (Å²) in [5.41, 5.74) is 2.56. The van der Waals surface area contributed by atoms with Crippen LogP contribution >= 0.6 is 0 Å². The molecule has 3 aromatic carbocycles. The van der Waals surface area contributed by atoms with Crippen molar-refractivity contribution in [3.05, 3.63) is 78.1 Å². The average molecular weight is 425 g/mol. The molecule has 4 rings (SSSR count). The van der Waals surface area contributed by atoms with Crippen LogP contribution in [0.25, 0.3) is 10.9 Å². The third kappa shape index (κ3) is 4.97. The van der Waals surface area contributed by atoms with Crippen molar-refractivity contribution in [1.82, 2.24) is 9.97 Å². The van der Waals surface area contributed by atoms with Crippen molar-refractivity contribution in [3.63, 3.8) is 0 Å². The monoisotopic (exact) mass is 425 g/mol. The highest BCUT2D eigenvalue weighted by molar-refractivity contribution is 5.92. The minimum atomic E-state index is 0.301. The summed E-state index contributed by atoms with van der Waals surface area (Å²) in [4.78, 5) is 8.93. The maximum atomic E-state index is 5.97. The Morgan fingerprint density at radius 1 is 0.938 bits per heavy atom. The number of terminal acetylenes is 1. The Morgan fingerprint density at radius 2 is 1.78 bits per heavy atom. The Hall–Kier alpha value is -4.08. The van der Waals surface area contributed by atoms with Gasteiger partial charge in [0.1, 0.15) is 29.7 Å². The van der Waals surface area contributed by atoms with Gasteiger partial charge in [-0.25, -0.2) is 9.97 Å². The van der Waals surface area contributed by atoms with E-state index in [1.807, 2.05) is 73.7 Å². The van der Waals surface area contributed by atoms with Crippen LogP contribution in [0.4, 0.5) is 11.5 Å². The lowest BCUT2D eigenvalue weighted by Crippen LogP contribution is -2.04. The molecule has 1 N–H and O–H groups in total. The van der Waals surface area contributed by atoms with E-state index in [2.05, 4.69) is 21.2 Å². The number of ether oxygens (including phenoxy) is 3. The maximum Gasteiger partial charge on any atom is 0.207 e. The second kappa shape index (κ2) is 9.82. The maximum absolute atomic E-state index is 5.97. The zero-order valence-electron chi connectivity index (χ0n) is 18.0. The number of nitrogens with zero attached hydrogens (tertiary/aromatic N) is 2. The predicted molar refractivity (Wildman–Crippen MR) is 126 cm³/mol. The highest BCUT2D eigenvalue weighted by atomic mass is 16.5. The summed E-state index contributed by atoms with van der Waals surface area (Å²) in [6.07, 6.45) is 5.59. The lowest BCUT2D eigenvalue weighted by atomic mass is 10.1. The molecule has 6 heteroatoms. The second-order valence-corrected chi connectivity index (χ2v) is 7.08. The van der Waals surface area contributed by atoms with Gasteiger partial charge in [-0.15, -0.1) is 6.42 Å². The second-order valence-electron chi connectivity index (χ2n) is 7.08. The first-order valence-electron chi connectivity index (χ1n) is 10.2. The Bertz CT molecular complexity index is 1270. The number of methoxy groups -OCH3 is 1. The molecule has 0 unspecified atom stereocenters. The molecule has 0 amide bonds. The van der Waals surface area contributed by atoms with Crippen LogP contribution in [0.5, 0.6) is 17.2 Å². The molecule has 0 aliphatic heterocycles. The van der Waals surface area contributed by atoms with E-state index in [1.165, 1.54) is 0 Å². The van der Waals surface area contributed by atoms with E-state index in [0.29, 0.717) is 36.1 Å². The van der Waals surface area contributed by atoms with E-state index in [4.69, 9.17) is 20.6 Å². The number of benzene rings is 3. The standard InChI is InChI=1S/C26H23N3O3/c1-4-25-28-23-17-21(31-15-14-30-3)11-12-22(23)26(29-25)27-19-10-13-24(18(2)16-19)32-20-8-6-5-7-9-20/h1,5-13,16-17H,14-15H2,2-3H3,(H,27,28,29). The molecule has 1 heterocycles. The molecule has 1 aromatic heterocycles. The summed E-state index contributed by atoms with van der Waals surface area (Å²) in [6, 6.07) is 21.2. The van der Waals surface area contributed by atoms with E-state index >= 15 is 0 Å². The van der Waals surface area contributed by atoms with Gasteiger partial charge in [0.2, 0.25) is 5.82 Å². The van der Waals surface area contributed by atoms with Gasteiger partial charge in [0.25, 0.3) is 0 Å². The van der Waals surface area contributed by atoms with Crippen molar-refractivity contribution < 1.29 is 14.2 Å². The van der Waals surface area contributed by atoms with Crippen LogP contribution in [0.2, 0.25) is 0 Å². The molecule has 0 radical (unpaired) electrons. The minimum absolute atomic E-state index is 0.301. The van der Waals surface area contributed by atoms with E-state index in [0.717, 1.165) is 28.1 Å². The van der Waals surface area contributed by atoms with Crippen LogP contribution in [0.3, 0.4) is 0 Å². The topological polar surface area (TPSA) is 65.5 Å². The number of anilines is 2. The fourth-order valence-electron chi connectivity index (χ4n) is 3.20. The van der Waals surface area contributed by atoms with Gasteiger partial charge in [0.15, 0.2) is 0 Å². The molecule has 0 atom stereocenters. The molecular formula is C26H23N3O3. The summed E-state index contributed by atoms with van der Waals surface area (Å²) in [7, 11) is 1.64. The molecule has 4 aromatic rings. The Balaban J connectivity index is 1.60. The highest BCUT2D eigenvalue weighted by Gasteiger charge is 2.10. The summed E-state index contributed by atoms with van der Waals surface area (Å²) in [5.74, 6) is 5.73. The Morgan fingerprint density at radius 3 is 2.53 bits per heavy atom. The molecule has 0 fully saturated rings.